The largest absolute Gasteiger partial charge is 0.510 e. The highest BCUT2D eigenvalue weighted by Crippen LogP contribution is 2.53. The van der Waals surface area contributed by atoms with Gasteiger partial charge in [-0.05, 0) is 63.4 Å². The molecule has 0 saturated heterocycles. The van der Waals surface area contributed by atoms with Crippen molar-refractivity contribution >= 4 is 23.0 Å². The number of carbonyl (C=O) groups is 3. The average molecular weight is 485 g/mol. The van der Waals surface area contributed by atoms with Gasteiger partial charge in [-0.25, -0.2) is 0 Å². The Hall–Kier alpha value is -3.17. The minimum absolute atomic E-state index is 0.0606. The average Bonchev–Trinajstić information content (AvgIpc) is 2.75. The molecule has 9 nitrogen and oxygen atoms in total. The predicted molar refractivity (Wildman–Crippen MR) is 129 cm³/mol. The number of nitrogens with zero attached hydrogens (tertiary/aromatic N) is 2. The molecule has 1 aromatic rings. The summed E-state index contributed by atoms with van der Waals surface area (Å²) in [5, 5.41) is 44.9. The molecule has 0 radical (unpaired) electrons. The number of rotatable bonds is 4. The molecule has 4 atom stereocenters. The van der Waals surface area contributed by atoms with Crippen LogP contribution in [0.4, 0.5) is 5.69 Å². The van der Waals surface area contributed by atoms with Gasteiger partial charge in [0.1, 0.15) is 22.8 Å². The summed E-state index contributed by atoms with van der Waals surface area (Å²) < 4.78 is 0. The van der Waals surface area contributed by atoms with Gasteiger partial charge in [0.2, 0.25) is 5.78 Å². The Labute approximate surface area is 204 Å². The molecule has 0 saturated carbocycles. The summed E-state index contributed by atoms with van der Waals surface area (Å²) in [6, 6.07) is 0.913. The van der Waals surface area contributed by atoms with Gasteiger partial charge in [-0.15, -0.1) is 0 Å². The van der Waals surface area contributed by atoms with Crippen LogP contribution < -0.4 is 4.90 Å². The first-order valence-corrected chi connectivity index (χ1v) is 11.7. The van der Waals surface area contributed by atoms with Gasteiger partial charge >= 0.3 is 0 Å². The Kier molecular flexibility index (Phi) is 5.84. The molecular formula is C26H32N2O7. The van der Waals surface area contributed by atoms with E-state index in [1.54, 1.807) is 19.0 Å². The highest BCUT2D eigenvalue weighted by Gasteiger charge is 2.63. The van der Waals surface area contributed by atoms with Crippen molar-refractivity contribution in [2.45, 2.75) is 44.8 Å². The minimum atomic E-state index is -2.55. The first-order valence-electron chi connectivity index (χ1n) is 11.7. The number of hydrogen-bond acceptors (Lipinski definition) is 9. The van der Waals surface area contributed by atoms with E-state index in [0.717, 1.165) is 12.6 Å². The van der Waals surface area contributed by atoms with Crippen molar-refractivity contribution in [3.63, 3.8) is 0 Å². The van der Waals surface area contributed by atoms with Crippen molar-refractivity contribution in [2.24, 2.45) is 11.8 Å². The van der Waals surface area contributed by atoms with Crippen LogP contribution in [0, 0.1) is 11.8 Å². The van der Waals surface area contributed by atoms with Gasteiger partial charge in [-0.1, -0.05) is 6.92 Å². The Morgan fingerprint density at radius 2 is 1.77 bits per heavy atom. The molecule has 4 rings (SSSR count). The van der Waals surface area contributed by atoms with Crippen molar-refractivity contribution in [1.82, 2.24) is 4.90 Å². The molecular weight excluding hydrogens is 452 g/mol. The lowest BCUT2D eigenvalue weighted by molar-refractivity contribution is -0.148. The smallest absolute Gasteiger partial charge is 0.209 e. The van der Waals surface area contributed by atoms with E-state index in [2.05, 4.69) is 0 Å². The minimum Gasteiger partial charge on any atom is -0.510 e. The van der Waals surface area contributed by atoms with Crippen molar-refractivity contribution < 1.29 is 34.8 Å². The van der Waals surface area contributed by atoms with E-state index in [9.17, 15) is 34.8 Å². The first-order chi connectivity index (χ1) is 16.3. The van der Waals surface area contributed by atoms with Gasteiger partial charge < -0.3 is 25.3 Å². The standard InChI is InChI=1S/C26H32N2O7/c1-7-12-10-16(27(3)4)14-8-13-9-15-20(28(5)6)23(32)17(11(2)29)24(33)26(15,35)25(34)18(13)22(31)19(14)21(12)30/h10,13,15,20,30,32,34-35H,7-9H2,1-6H3/t13-,15-,20?,26+/m0/s1. The molecule has 0 aromatic heterocycles. The van der Waals surface area contributed by atoms with E-state index in [0.29, 0.717) is 17.5 Å². The van der Waals surface area contributed by atoms with Crippen molar-refractivity contribution in [3.8, 4) is 5.75 Å². The van der Waals surface area contributed by atoms with Crippen LogP contribution in [0.2, 0.25) is 0 Å². The quantitative estimate of drug-likeness (QED) is 0.472. The number of benzene rings is 1. The van der Waals surface area contributed by atoms with Crippen molar-refractivity contribution in [2.75, 3.05) is 33.1 Å². The number of allylic oxidation sites excluding steroid dienone is 1. The van der Waals surface area contributed by atoms with Crippen LogP contribution in [-0.2, 0) is 22.4 Å². The molecule has 1 unspecified atom stereocenters. The fourth-order valence-corrected chi connectivity index (χ4v) is 6.12. The Balaban J connectivity index is 2.00. The van der Waals surface area contributed by atoms with E-state index in [4.69, 9.17) is 0 Å². The van der Waals surface area contributed by atoms with Crippen LogP contribution in [0.3, 0.4) is 0 Å². The summed E-state index contributed by atoms with van der Waals surface area (Å²) in [5.74, 6) is -5.48. The molecule has 4 N–H and O–H groups in total. The van der Waals surface area contributed by atoms with E-state index < -0.39 is 57.9 Å². The molecule has 0 fully saturated rings. The van der Waals surface area contributed by atoms with Gasteiger partial charge in [0.05, 0.1) is 11.6 Å². The number of aliphatic hydroxyl groups is 3. The third kappa shape index (κ3) is 3.25. The van der Waals surface area contributed by atoms with Crippen LogP contribution in [-0.4, -0.2) is 82.5 Å². The third-order valence-electron chi connectivity index (χ3n) is 7.75. The summed E-state index contributed by atoms with van der Waals surface area (Å²) in [4.78, 5) is 42.9. The van der Waals surface area contributed by atoms with Gasteiger partial charge in [-0.2, -0.15) is 0 Å². The summed E-state index contributed by atoms with van der Waals surface area (Å²) >= 11 is 0. The zero-order valence-corrected chi connectivity index (χ0v) is 20.8. The number of anilines is 1. The van der Waals surface area contributed by atoms with Crippen molar-refractivity contribution in [3.05, 3.63) is 45.4 Å². The highest BCUT2D eigenvalue weighted by molar-refractivity contribution is 6.25. The maximum Gasteiger partial charge on any atom is 0.209 e. The van der Waals surface area contributed by atoms with Crippen LogP contribution in [0.5, 0.6) is 5.75 Å². The second kappa shape index (κ2) is 8.20. The molecule has 3 aliphatic carbocycles. The Morgan fingerprint density at radius 1 is 1.14 bits per heavy atom. The monoisotopic (exact) mass is 484 g/mol. The van der Waals surface area contributed by atoms with Gasteiger partial charge in [0, 0.05) is 31.3 Å². The van der Waals surface area contributed by atoms with Crippen LogP contribution in [0.15, 0.2) is 28.7 Å². The Morgan fingerprint density at radius 3 is 2.29 bits per heavy atom. The van der Waals surface area contributed by atoms with Crippen molar-refractivity contribution in [1.29, 1.82) is 0 Å². The first kappa shape index (κ1) is 24.9. The zero-order valence-electron chi connectivity index (χ0n) is 20.8. The maximum absolute atomic E-state index is 13.8. The number of fused-ring (bicyclic) bond motifs is 3. The number of Topliss-reactive ketones (excluding diaryl/α,β-unsaturated/α-hetero) is 3. The van der Waals surface area contributed by atoms with Crippen LogP contribution in [0.25, 0.3) is 0 Å². The molecule has 0 spiro atoms. The fourth-order valence-electron chi connectivity index (χ4n) is 6.12. The number of likely N-dealkylation sites (N-methyl/N-ethyl adjacent to an activating group) is 1. The lowest BCUT2D eigenvalue weighted by atomic mass is 9.58. The zero-order chi connectivity index (χ0) is 26.1. The van der Waals surface area contributed by atoms with Gasteiger partial charge in [0.25, 0.3) is 0 Å². The normalized spacial score (nSPS) is 28.2. The van der Waals surface area contributed by atoms with E-state index >= 15 is 0 Å². The number of aromatic hydroxyl groups is 1. The fraction of sp³-hybridized carbons (Fsp3) is 0.500. The number of phenols is 1. The second-order valence-electron chi connectivity index (χ2n) is 10.2. The van der Waals surface area contributed by atoms with Gasteiger partial charge in [0.15, 0.2) is 17.2 Å². The maximum atomic E-state index is 13.8. The number of aliphatic hydroxyl groups excluding tert-OH is 2. The number of hydrogen-bond donors (Lipinski definition) is 4. The van der Waals surface area contributed by atoms with Crippen LogP contribution in [0.1, 0.15) is 41.8 Å². The lowest BCUT2D eigenvalue weighted by Gasteiger charge is -2.50. The molecule has 9 heteroatoms. The third-order valence-corrected chi connectivity index (χ3v) is 7.75. The molecule has 188 valence electrons. The molecule has 35 heavy (non-hydrogen) atoms. The molecule has 1 aromatic carbocycles. The molecule has 0 amide bonds. The summed E-state index contributed by atoms with van der Waals surface area (Å²) in [6.07, 6.45) is 0.868. The van der Waals surface area contributed by atoms with E-state index in [-0.39, 0.29) is 29.7 Å². The Bertz CT molecular complexity index is 1230. The highest BCUT2D eigenvalue weighted by atomic mass is 16.3. The number of aryl methyl sites for hydroxylation is 1. The summed E-state index contributed by atoms with van der Waals surface area (Å²) in [6.45, 7) is 2.95. The summed E-state index contributed by atoms with van der Waals surface area (Å²) in [7, 11) is 6.96. The molecule has 0 heterocycles. The van der Waals surface area contributed by atoms with Crippen LogP contribution >= 0.6 is 0 Å². The van der Waals surface area contributed by atoms with E-state index in [1.165, 1.54) is 0 Å². The summed E-state index contributed by atoms with van der Waals surface area (Å²) in [5.41, 5.74) is -1.22. The lowest BCUT2D eigenvalue weighted by Crippen LogP contribution is -2.63. The van der Waals surface area contributed by atoms with Gasteiger partial charge in [-0.3, -0.25) is 19.3 Å². The second-order valence-corrected chi connectivity index (χ2v) is 10.2. The topological polar surface area (TPSA) is 139 Å². The number of ketones is 3. The predicted octanol–water partition coefficient (Wildman–Crippen LogP) is 1.85. The number of phenolic OH excluding ortho intramolecular Hbond substituents is 1. The molecule has 0 aliphatic heterocycles. The molecule has 0 bridgehead atoms. The SMILES string of the molecule is CCc1cc(N(C)C)c2c(c1O)C(=O)C1=C(O)[C@]3(O)C(=O)C(C(C)=O)=C(O)C(N(C)C)[C@@H]3C[C@@H]1C2. The van der Waals surface area contributed by atoms with E-state index in [1.807, 2.05) is 32.0 Å². The molecule has 3 aliphatic rings. The number of carbonyl (C=O) groups excluding carboxylic acids is 3.